The lowest BCUT2D eigenvalue weighted by Crippen LogP contribution is -2.24. The third-order valence-electron chi connectivity index (χ3n) is 2.64. The van der Waals surface area contributed by atoms with Crippen LogP contribution < -0.4 is 4.72 Å². The lowest BCUT2D eigenvalue weighted by atomic mass is 10.2. The first-order valence-electron chi connectivity index (χ1n) is 5.64. The molecule has 1 heterocycles. The van der Waals surface area contributed by atoms with E-state index in [1.54, 1.807) is 49.6 Å². The zero-order valence-electron chi connectivity index (χ0n) is 10.3. The van der Waals surface area contributed by atoms with E-state index in [2.05, 4.69) is 25.6 Å². The van der Waals surface area contributed by atoms with Gasteiger partial charge in [-0.15, -0.1) is 0 Å². The average Bonchev–Trinajstić information content (AvgIpc) is 2.37. The minimum Gasteiger partial charge on any atom is -0.265 e. The number of halogens is 1. The van der Waals surface area contributed by atoms with Gasteiger partial charge < -0.3 is 0 Å². The number of aryl methyl sites for hydroxylation is 1. The Bertz CT molecular complexity index is 672. The Hall–Kier alpha value is -1.24. The fraction of sp³-hybridized carbons (Fsp3) is 0.154. The summed E-state index contributed by atoms with van der Waals surface area (Å²) in [4.78, 5) is 4.19. The molecule has 0 unspecified atom stereocenters. The highest BCUT2D eigenvalue weighted by Crippen LogP contribution is 2.20. The molecule has 0 bridgehead atoms. The second-order valence-electron chi connectivity index (χ2n) is 4.09. The van der Waals surface area contributed by atoms with Crippen LogP contribution in [0.2, 0.25) is 0 Å². The number of hydrogen-bond acceptors (Lipinski definition) is 3. The van der Waals surface area contributed by atoms with Crippen molar-refractivity contribution in [2.24, 2.45) is 0 Å². The molecule has 1 aromatic carbocycles. The van der Waals surface area contributed by atoms with Gasteiger partial charge in [-0.05, 0) is 48.4 Å². The molecule has 1 aromatic heterocycles. The molecule has 1 N–H and O–H groups in total. The standard InChI is InChI=1S/C13H13BrN2O2S/c1-10-8-12(14)2-3-13(10)19(17,18)16-9-11-4-6-15-7-5-11/h2-8,16H,9H2,1H3. The molecule has 0 spiro atoms. The third kappa shape index (κ3) is 3.62. The maximum atomic E-state index is 12.2. The van der Waals surface area contributed by atoms with E-state index in [9.17, 15) is 8.42 Å². The van der Waals surface area contributed by atoms with Gasteiger partial charge in [-0.2, -0.15) is 0 Å². The van der Waals surface area contributed by atoms with Crippen LogP contribution >= 0.6 is 15.9 Å². The van der Waals surface area contributed by atoms with Gasteiger partial charge in [0.25, 0.3) is 0 Å². The maximum Gasteiger partial charge on any atom is 0.241 e. The highest BCUT2D eigenvalue weighted by atomic mass is 79.9. The fourth-order valence-electron chi connectivity index (χ4n) is 1.67. The molecule has 100 valence electrons. The van der Waals surface area contributed by atoms with Crippen molar-refractivity contribution in [3.8, 4) is 0 Å². The molecular formula is C13H13BrN2O2S. The van der Waals surface area contributed by atoms with Crippen LogP contribution in [0, 0.1) is 6.92 Å². The number of sulfonamides is 1. The summed E-state index contributed by atoms with van der Waals surface area (Å²) in [5.74, 6) is 0. The van der Waals surface area contributed by atoms with Crippen LogP contribution in [0.4, 0.5) is 0 Å². The molecule has 0 fully saturated rings. The molecule has 19 heavy (non-hydrogen) atoms. The normalized spacial score (nSPS) is 11.5. The van der Waals surface area contributed by atoms with Gasteiger partial charge >= 0.3 is 0 Å². The SMILES string of the molecule is Cc1cc(Br)ccc1S(=O)(=O)NCc1ccncc1. The van der Waals surface area contributed by atoms with Gasteiger partial charge in [0.1, 0.15) is 0 Å². The van der Waals surface area contributed by atoms with E-state index in [0.29, 0.717) is 10.5 Å². The van der Waals surface area contributed by atoms with E-state index < -0.39 is 10.0 Å². The topological polar surface area (TPSA) is 59.1 Å². The summed E-state index contributed by atoms with van der Waals surface area (Å²) in [5, 5.41) is 0. The van der Waals surface area contributed by atoms with Crippen molar-refractivity contribution in [3.05, 3.63) is 58.3 Å². The first-order chi connectivity index (χ1) is 8.99. The summed E-state index contributed by atoms with van der Waals surface area (Å²) in [5.41, 5.74) is 1.57. The van der Waals surface area contributed by atoms with Crippen molar-refractivity contribution in [2.75, 3.05) is 0 Å². The Labute approximate surface area is 121 Å². The lowest BCUT2D eigenvalue weighted by Gasteiger charge is -2.09. The van der Waals surface area contributed by atoms with Crippen LogP contribution in [0.1, 0.15) is 11.1 Å². The molecular weight excluding hydrogens is 328 g/mol. The lowest BCUT2D eigenvalue weighted by molar-refractivity contribution is 0.580. The van der Waals surface area contributed by atoms with E-state index in [1.807, 2.05) is 0 Å². The van der Waals surface area contributed by atoms with Gasteiger partial charge in [0.2, 0.25) is 10.0 Å². The van der Waals surface area contributed by atoms with Gasteiger partial charge in [0.15, 0.2) is 0 Å². The van der Waals surface area contributed by atoms with Crippen molar-refractivity contribution in [2.45, 2.75) is 18.4 Å². The summed E-state index contributed by atoms with van der Waals surface area (Å²) < 4.78 is 27.8. The Morgan fingerprint density at radius 3 is 2.53 bits per heavy atom. The van der Waals surface area contributed by atoms with Crippen molar-refractivity contribution < 1.29 is 8.42 Å². The molecule has 0 aliphatic heterocycles. The predicted molar refractivity (Wildman–Crippen MR) is 77.1 cm³/mol. The van der Waals surface area contributed by atoms with Crippen LogP contribution in [0.3, 0.4) is 0 Å². The zero-order valence-corrected chi connectivity index (χ0v) is 12.7. The van der Waals surface area contributed by atoms with Crippen LogP contribution in [-0.2, 0) is 16.6 Å². The van der Waals surface area contributed by atoms with Crippen LogP contribution in [-0.4, -0.2) is 13.4 Å². The molecule has 0 atom stereocenters. The van der Waals surface area contributed by atoms with Crippen molar-refractivity contribution in [1.82, 2.24) is 9.71 Å². The highest BCUT2D eigenvalue weighted by Gasteiger charge is 2.16. The monoisotopic (exact) mass is 340 g/mol. The van der Waals surface area contributed by atoms with Crippen molar-refractivity contribution in [1.29, 1.82) is 0 Å². The Morgan fingerprint density at radius 1 is 1.21 bits per heavy atom. The van der Waals surface area contributed by atoms with E-state index in [1.165, 1.54) is 0 Å². The van der Waals surface area contributed by atoms with E-state index in [0.717, 1.165) is 10.0 Å². The van der Waals surface area contributed by atoms with Crippen LogP contribution in [0.5, 0.6) is 0 Å². The van der Waals surface area contributed by atoms with E-state index in [4.69, 9.17) is 0 Å². The van der Waals surface area contributed by atoms with Gasteiger partial charge in [-0.1, -0.05) is 15.9 Å². The van der Waals surface area contributed by atoms with Gasteiger partial charge in [0, 0.05) is 23.4 Å². The zero-order chi connectivity index (χ0) is 13.9. The molecule has 6 heteroatoms. The summed E-state index contributed by atoms with van der Waals surface area (Å²) >= 11 is 3.32. The van der Waals surface area contributed by atoms with Gasteiger partial charge in [0.05, 0.1) is 4.90 Å². The Morgan fingerprint density at radius 2 is 1.89 bits per heavy atom. The minimum atomic E-state index is -3.50. The first-order valence-corrected chi connectivity index (χ1v) is 7.91. The number of benzene rings is 1. The number of hydrogen-bond donors (Lipinski definition) is 1. The molecule has 0 aliphatic carbocycles. The van der Waals surface area contributed by atoms with Crippen molar-refractivity contribution in [3.63, 3.8) is 0 Å². The van der Waals surface area contributed by atoms with E-state index in [-0.39, 0.29) is 6.54 Å². The smallest absolute Gasteiger partial charge is 0.241 e. The summed E-state index contributed by atoms with van der Waals surface area (Å²) in [6.07, 6.45) is 3.27. The molecule has 0 aliphatic rings. The molecule has 2 rings (SSSR count). The highest BCUT2D eigenvalue weighted by molar-refractivity contribution is 9.10. The van der Waals surface area contributed by atoms with E-state index >= 15 is 0 Å². The molecule has 2 aromatic rings. The number of nitrogens with zero attached hydrogens (tertiary/aromatic N) is 1. The number of aromatic nitrogens is 1. The first kappa shape index (κ1) is 14.2. The quantitative estimate of drug-likeness (QED) is 0.930. The molecule has 0 radical (unpaired) electrons. The largest absolute Gasteiger partial charge is 0.265 e. The predicted octanol–water partition coefficient (Wildman–Crippen LogP) is 2.63. The summed E-state index contributed by atoms with van der Waals surface area (Å²) in [6, 6.07) is 8.64. The number of rotatable bonds is 4. The maximum absolute atomic E-state index is 12.2. The Balaban J connectivity index is 2.19. The van der Waals surface area contributed by atoms with Crippen molar-refractivity contribution >= 4 is 26.0 Å². The molecule has 0 saturated carbocycles. The fourth-order valence-corrected chi connectivity index (χ4v) is 3.39. The van der Waals surface area contributed by atoms with Gasteiger partial charge in [-0.3, -0.25) is 4.98 Å². The minimum absolute atomic E-state index is 0.250. The second-order valence-corrected chi connectivity index (χ2v) is 6.74. The number of pyridine rings is 1. The third-order valence-corrected chi connectivity index (χ3v) is 4.70. The van der Waals surface area contributed by atoms with Gasteiger partial charge in [-0.25, -0.2) is 13.1 Å². The van der Waals surface area contributed by atoms with Crippen LogP contribution in [0.15, 0.2) is 52.1 Å². The number of nitrogens with one attached hydrogen (secondary N) is 1. The molecule has 4 nitrogen and oxygen atoms in total. The molecule has 0 saturated heterocycles. The summed E-state index contributed by atoms with van der Waals surface area (Å²) in [7, 11) is -3.50. The van der Waals surface area contributed by atoms with Crippen LogP contribution in [0.25, 0.3) is 0 Å². The average molecular weight is 341 g/mol. The summed E-state index contributed by atoms with van der Waals surface area (Å²) in [6.45, 7) is 2.02. The molecule has 0 amide bonds. The second kappa shape index (κ2) is 5.81. The Kier molecular flexibility index (Phi) is 4.34.